The van der Waals surface area contributed by atoms with E-state index in [1.807, 2.05) is 30.3 Å². The molecule has 1 aromatic rings. The molecule has 0 unspecified atom stereocenters. The van der Waals surface area contributed by atoms with Crippen LogP contribution in [0.25, 0.3) is 0 Å². The number of hydrogen-bond acceptors (Lipinski definition) is 3. The van der Waals surface area contributed by atoms with E-state index < -0.39 is 5.97 Å². The first-order chi connectivity index (χ1) is 6.29. The Labute approximate surface area is 77.0 Å². The summed E-state index contributed by atoms with van der Waals surface area (Å²) in [6.45, 7) is 1.32. The summed E-state index contributed by atoms with van der Waals surface area (Å²) in [7, 11) is 0. The zero-order chi connectivity index (χ0) is 9.52. The van der Waals surface area contributed by atoms with E-state index in [0.717, 1.165) is 5.56 Å². The van der Waals surface area contributed by atoms with Crippen molar-refractivity contribution in [3.63, 3.8) is 0 Å². The Morgan fingerprint density at radius 3 is 2.77 bits per heavy atom. The number of benzene rings is 1. The number of nitrogens with zero attached hydrogens (tertiary/aromatic N) is 1. The predicted molar refractivity (Wildman–Crippen MR) is 50.4 cm³/mol. The summed E-state index contributed by atoms with van der Waals surface area (Å²) >= 11 is 0. The Kier molecular flexibility index (Phi) is 3.70. The van der Waals surface area contributed by atoms with E-state index in [1.54, 1.807) is 6.21 Å². The monoisotopic (exact) mass is 177 g/mol. The van der Waals surface area contributed by atoms with Gasteiger partial charge in [-0.3, -0.25) is 0 Å². The third kappa shape index (κ3) is 4.06. The molecule has 1 rings (SSSR count). The summed E-state index contributed by atoms with van der Waals surface area (Å²) in [6.07, 6.45) is 2.24. The van der Waals surface area contributed by atoms with Crippen LogP contribution < -0.4 is 0 Å². The summed E-state index contributed by atoms with van der Waals surface area (Å²) in [5.41, 5.74) is 1.14. The van der Waals surface area contributed by atoms with Crippen LogP contribution in [0.3, 0.4) is 0 Å². The molecule has 0 fully saturated rings. The van der Waals surface area contributed by atoms with E-state index in [4.69, 9.17) is 0 Å². The normalized spacial score (nSPS) is 10.2. The molecule has 13 heavy (non-hydrogen) atoms. The largest absolute Gasteiger partial charge is 0.331 e. The highest BCUT2D eigenvalue weighted by Crippen LogP contribution is 1.97. The zero-order valence-corrected chi connectivity index (χ0v) is 7.43. The topological polar surface area (TPSA) is 38.7 Å². The van der Waals surface area contributed by atoms with Crippen LogP contribution in [0.15, 0.2) is 35.5 Å². The molecule has 0 aromatic heterocycles. The van der Waals surface area contributed by atoms with Crippen LogP contribution in [0.5, 0.6) is 0 Å². The molecule has 0 bridgehead atoms. The fourth-order valence-electron chi connectivity index (χ4n) is 0.868. The minimum atomic E-state index is -0.399. The Balaban J connectivity index is 2.35. The van der Waals surface area contributed by atoms with Gasteiger partial charge in [0, 0.05) is 19.6 Å². The summed E-state index contributed by atoms with van der Waals surface area (Å²) < 4.78 is 0. The van der Waals surface area contributed by atoms with Crippen LogP contribution in [0.2, 0.25) is 0 Å². The molecule has 1 aromatic carbocycles. The maximum Gasteiger partial charge on any atom is 0.331 e. The highest BCUT2D eigenvalue weighted by atomic mass is 16.7. The molecular formula is C10H11NO2. The number of carbonyl (C=O) groups excluding carboxylic acids is 1. The van der Waals surface area contributed by atoms with Crippen molar-refractivity contribution in [3.8, 4) is 0 Å². The Hall–Kier alpha value is -1.64. The summed E-state index contributed by atoms with van der Waals surface area (Å²) in [5, 5.41) is 3.49. The molecule has 0 aliphatic rings. The van der Waals surface area contributed by atoms with Crippen molar-refractivity contribution < 1.29 is 9.63 Å². The molecule has 68 valence electrons. The summed E-state index contributed by atoms with van der Waals surface area (Å²) in [5.74, 6) is -0.399. The first kappa shape index (κ1) is 9.45. The lowest BCUT2D eigenvalue weighted by molar-refractivity contribution is -0.140. The lowest BCUT2D eigenvalue weighted by Gasteiger charge is -1.93. The van der Waals surface area contributed by atoms with Crippen molar-refractivity contribution in [1.29, 1.82) is 0 Å². The first-order valence-corrected chi connectivity index (χ1v) is 4.02. The fraction of sp³-hybridized carbons (Fsp3) is 0.200. The second-order valence-corrected chi connectivity index (χ2v) is 2.56. The van der Waals surface area contributed by atoms with Gasteiger partial charge in [0.1, 0.15) is 0 Å². The Morgan fingerprint density at radius 1 is 1.46 bits per heavy atom. The zero-order valence-electron chi connectivity index (χ0n) is 7.43. The molecular weight excluding hydrogens is 166 g/mol. The molecule has 0 atom stereocenters. The van der Waals surface area contributed by atoms with Gasteiger partial charge in [-0.2, -0.15) is 0 Å². The average Bonchev–Trinajstić information content (AvgIpc) is 2.14. The van der Waals surface area contributed by atoms with Gasteiger partial charge in [0.15, 0.2) is 0 Å². The molecule has 0 aliphatic heterocycles. The molecule has 0 saturated carbocycles. The van der Waals surface area contributed by atoms with Crippen LogP contribution in [-0.2, 0) is 16.1 Å². The minimum Gasteiger partial charge on any atom is -0.319 e. The summed E-state index contributed by atoms with van der Waals surface area (Å²) in [4.78, 5) is 14.7. The first-order valence-electron chi connectivity index (χ1n) is 4.02. The van der Waals surface area contributed by atoms with E-state index in [-0.39, 0.29) is 0 Å². The van der Waals surface area contributed by atoms with Crippen LogP contribution >= 0.6 is 0 Å². The fourth-order valence-corrected chi connectivity index (χ4v) is 0.868. The van der Waals surface area contributed by atoms with Crippen molar-refractivity contribution in [2.75, 3.05) is 0 Å². The highest BCUT2D eigenvalue weighted by Gasteiger charge is 1.88. The number of carbonyl (C=O) groups is 1. The van der Waals surface area contributed by atoms with Gasteiger partial charge >= 0.3 is 5.97 Å². The summed E-state index contributed by atoms with van der Waals surface area (Å²) in [6, 6.07) is 9.83. The molecule has 0 heterocycles. The molecule has 0 amide bonds. The van der Waals surface area contributed by atoms with Crippen LogP contribution in [0.4, 0.5) is 0 Å². The van der Waals surface area contributed by atoms with Crippen LogP contribution in [0.1, 0.15) is 12.5 Å². The van der Waals surface area contributed by atoms with Gasteiger partial charge in [-0.05, 0) is 5.56 Å². The van der Waals surface area contributed by atoms with Gasteiger partial charge in [-0.1, -0.05) is 35.5 Å². The van der Waals surface area contributed by atoms with Crippen molar-refractivity contribution in [1.82, 2.24) is 0 Å². The molecule has 0 aliphatic carbocycles. The second kappa shape index (κ2) is 5.09. The molecule has 3 nitrogen and oxygen atoms in total. The van der Waals surface area contributed by atoms with E-state index in [0.29, 0.717) is 6.42 Å². The van der Waals surface area contributed by atoms with Gasteiger partial charge < -0.3 is 4.84 Å². The van der Waals surface area contributed by atoms with Gasteiger partial charge in [0.05, 0.1) is 0 Å². The van der Waals surface area contributed by atoms with Gasteiger partial charge in [0.2, 0.25) is 0 Å². The predicted octanol–water partition coefficient (Wildman–Crippen LogP) is 1.78. The van der Waals surface area contributed by atoms with Crippen molar-refractivity contribution >= 4 is 12.2 Å². The lowest BCUT2D eigenvalue weighted by atomic mass is 10.2. The third-order valence-electron chi connectivity index (χ3n) is 1.43. The second-order valence-electron chi connectivity index (χ2n) is 2.56. The van der Waals surface area contributed by atoms with E-state index in [9.17, 15) is 4.79 Å². The Bertz CT molecular complexity index is 293. The van der Waals surface area contributed by atoms with E-state index in [2.05, 4.69) is 9.99 Å². The van der Waals surface area contributed by atoms with E-state index >= 15 is 0 Å². The van der Waals surface area contributed by atoms with Crippen LogP contribution in [-0.4, -0.2) is 12.2 Å². The smallest absolute Gasteiger partial charge is 0.319 e. The molecule has 0 N–H and O–H groups in total. The molecule has 3 heteroatoms. The van der Waals surface area contributed by atoms with Gasteiger partial charge in [-0.15, -0.1) is 0 Å². The highest BCUT2D eigenvalue weighted by molar-refractivity contribution is 5.67. The average molecular weight is 177 g/mol. The third-order valence-corrected chi connectivity index (χ3v) is 1.43. The SMILES string of the molecule is CC(=O)O/N=C/Cc1ccccc1. The molecule has 0 spiro atoms. The number of oxime groups is 1. The quantitative estimate of drug-likeness (QED) is 0.401. The molecule has 0 saturated heterocycles. The number of hydrogen-bond donors (Lipinski definition) is 0. The van der Waals surface area contributed by atoms with Gasteiger partial charge in [0.25, 0.3) is 0 Å². The minimum absolute atomic E-state index is 0.399. The molecule has 0 radical (unpaired) electrons. The lowest BCUT2D eigenvalue weighted by Crippen LogP contribution is -1.92. The van der Waals surface area contributed by atoms with Crippen molar-refractivity contribution in [2.45, 2.75) is 13.3 Å². The Morgan fingerprint density at radius 2 is 2.15 bits per heavy atom. The number of rotatable bonds is 3. The van der Waals surface area contributed by atoms with E-state index in [1.165, 1.54) is 6.92 Å². The standard InChI is InChI=1S/C10H11NO2/c1-9(12)13-11-8-7-10-5-3-2-4-6-10/h2-6,8H,7H2,1H3/b11-8+. The van der Waals surface area contributed by atoms with Crippen molar-refractivity contribution in [3.05, 3.63) is 35.9 Å². The van der Waals surface area contributed by atoms with Gasteiger partial charge in [-0.25, -0.2) is 4.79 Å². The maximum absolute atomic E-state index is 10.3. The van der Waals surface area contributed by atoms with Crippen molar-refractivity contribution in [2.24, 2.45) is 5.16 Å². The van der Waals surface area contributed by atoms with Crippen LogP contribution in [0, 0.1) is 0 Å². The maximum atomic E-state index is 10.3.